The minimum atomic E-state index is 0.143. The monoisotopic (exact) mass is 164 g/mol. The summed E-state index contributed by atoms with van der Waals surface area (Å²) >= 11 is 0. The average Bonchev–Trinajstić information content (AvgIpc) is 2.56. The van der Waals surface area contributed by atoms with Gasteiger partial charge in [-0.05, 0) is 12.5 Å². The highest BCUT2D eigenvalue weighted by Crippen LogP contribution is 2.11. The van der Waals surface area contributed by atoms with Gasteiger partial charge in [-0.25, -0.2) is 10.9 Å². The first kappa shape index (κ1) is 7.70. The molecule has 0 saturated carbocycles. The van der Waals surface area contributed by atoms with E-state index in [4.69, 9.17) is 0 Å². The van der Waals surface area contributed by atoms with Gasteiger partial charge in [0.25, 0.3) is 0 Å². The van der Waals surface area contributed by atoms with Crippen LogP contribution in [0.4, 0.5) is 0 Å². The van der Waals surface area contributed by atoms with Gasteiger partial charge in [-0.3, -0.25) is 0 Å². The Labute approximate surface area is 71.3 Å². The summed E-state index contributed by atoms with van der Waals surface area (Å²) in [6.45, 7) is 2.08. The largest absolute Gasteiger partial charge is 0.221 e. The molecule has 0 unspecified atom stereocenters. The molecule has 64 valence electrons. The quantitative estimate of drug-likeness (QED) is 0.476. The van der Waals surface area contributed by atoms with Crippen molar-refractivity contribution in [2.75, 3.05) is 0 Å². The lowest BCUT2D eigenvalue weighted by atomic mass is 10.1. The van der Waals surface area contributed by atoms with Crippen molar-refractivity contribution in [1.29, 1.82) is 0 Å². The summed E-state index contributed by atoms with van der Waals surface area (Å²) in [6.07, 6.45) is 0.143. The molecule has 12 heavy (non-hydrogen) atoms. The lowest BCUT2D eigenvalue weighted by Crippen LogP contribution is -2.33. The van der Waals surface area contributed by atoms with Gasteiger partial charge in [-0.2, -0.15) is 11.1 Å². The zero-order valence-electron chi connectivity index (χ0n) is 6.89. The SMILES string of the molecule is Cc1cccc(C2NNNN2)c1. The Morgan fingerprint density at radius 2 is 1.92 bits per heavy atom. The van der Waals surface area contributed by atoms with Gasteiger partial charge in [0, 0.05) is 0 Å². The molecule has 0 atom stereocenters. The Kier molecular flexibility index (Phi) is 2.05. The third-order valence-corrected chi connectivity index (χ3v) is 1.87. The molecule has 1 fully saturated rings. The van der Waals surface area contributed by atoms with E-state index in [1.54, 1.807) is 0 Å². The third-order valence-electron chi connectivity index (χ3n) is 1.87. The maximum atomic E-state index is 3.03. The lowest BCUT2D eigenvalue weighted by Gasteiger charge is -2.08. The molecule has 0 aromatic heterocycles. The van der Waals surface area contributed by atoms with Crippen LogP contribution in [0.2, 0.25) is 0 Å². The van der Waals surface area contributed by atoms with E-state index in [0.29, 0.717) is 0 Å². The molecule has 2 rings (SSSR count). The molecule has 1 aromatic carbocycles. The fourth-order valence-electron chi connectivity index (χ4n) is 1.27. The number of rotatable bonds is 1. The zero-order valence-corrected chi connectivity index (χ0v) is 6.89. The molecule has 0 aliphatic carbocycles. The van der Waals surface area contributed by atoms with Crippen LogP contribution in [0.15, 0.2) is 24.3 Å². The predicted molar refractivity (Wildman–Crippen MR) is 46.5 cm³/mol. The number of benzene rings is 1. The molecule has 0 radical (unpaired) electrons. The number of aryl methyl sites for hydroxylation is 1. The Morgan fingerprint density at radius 3 is 2.58 bits per heavy atom. The van der Waals surface area contributed by atoms with Gasteiger partial charge in [0.1, 0.15) is 6.17 Å². The van der Waals surface area contributed by atoms with Crippen molar-refractivity contribution in [2.45, 2.75) is 13.1 Å². The standard InChI is InChI=1S/C8H12N4/c1-6-3-2-4-7(5-6)8-9-11-12-10-8/h2-5,8-12H,1H3. The van der Waals surface area contributed by atoms with Crippen LogP contribution in [0, 0.1) is 6.92 Å². The molecule has 1 aromatic rings. The Bertz CT molecular complexity index is 268. The van der Waals surface area contributed by atoms with E-state index in [1.807, 2.05) is 6.07 Å². The molecule has 4 N–H and O–H groups in total. The van der Waals surface area contributed by atoms with Gasteiger partial charge in [0.2, 0.25) is 0 Å². The van der Waals surface area contributed by atoms with Gasteiger partial charge >= 0.3 is 0 Å². The maximum absolute atomic E-state index is 3.03. The second kappa shape index (κ2) is 3.20. The lowest BCUT2D eigenvalue weighted by molar-refractivity contribution is 0.554. The smallest absolute Gasteiger partial charge is 0.111 e. The van der Waals surface area contributed by atoms with Gasteiger partial charge in [-0.15, -0.1) is 0 Å². The van der Waals surface area contributed by atoms with E-state index < -0.39 is 0 Å². The summed E-state index contributed by atoms with van der Waals surface area (Å²) in [5.41, 5.74) is 14.1. The van der Waals surface area contributed by atoms with Crippen LogP contribution in [0.3, 0.4) is 0 Å². The van der Waals surface area contributed by atoms with Crippen molar-refractivity contribution < 1.29 is 0 Å². The van der Waals surface area contributed by atoms with E-state index in [1.165, 1.54) is 11.1 Å². The van der Waals surface area contributed by atoms with E-state index in [9.17, 15) is 0 Å². The van der Waals surface area contributed by atoms with Crippen molar-refractivity contribution in [2.24, 2.45) is 0 Å². The number of hydrogen-bond acceptors (Lipinski definition) is 4. The Morgan fingerprint density at radius 1 is 1.17 bits per heavy atom. The van der Waals surface area contributed by atoms with E-state index in [2.05, 4.69) is 47.0 Å². The fraction of sp³-hybridized carbons (Fsp3) is 0.250. The average molecular weight is 164 g/mol. The first-order chi connectivity index (χ1) is 5.86. The third kappa shape index (κ3) is 1.46. The first-order valence-corrected chi connectivity index (χ1v) is 3.94. The second-order valence-electron chi connectivity index (χ2n) is 2.89. The second-order valence-corrected chi connectivity index (χ2v) is 2.89. The summed E-state index contributed by atoms with van der Waals surface area (Å²) in [5.74, 6) is 0. The van der Waals surface area contributed by atoms with Crippen molar-refractivity contribution in [3.8, 4) is 0 Å². The fourth-order valence-corrected chi connectivity index (χ4v) is 1.27. The molecule has 1 aliphatic rings. The summed E-state index contributed by atoms with van der Waals surface area (Å²) in [4.78, 5) is 0. The molecule has 1 aliphatic heterocycles. The van der Waals surface area contributed by atoms with Crippen LogP contribution < -0.4 is 21.9 Å². The molecule has 1 saturated heterocycles. The molecular weight excluding hydrogens is 152 g/mol. The molecule has 0 bridgehead atoms. The molecule has 4 nitrogen and oxygen atoms in total. The Balaban J connectivity index is 2.21. The van der Waals surface area contributed by atoms with E-state index in [-0.39, 0.29) is 6.17 Å². The normalized spacial score (nSPS) is 18.4. The van der Waals surface area contributed by atoms with Crippen molar-refractivity contribution >= 4 is 0 Å². The highest BCUT2D eigenvalue weighted by Gasteiger charge is 2.13. The van der Waals surface area contributed by atoms with Crippen LogP contribution in [-0.2, 0) is 0 Å². The number of hydrogen-bond donors (Lipinski definition) is 4. The minimum Gasteiger partial charge on any atom is -0.221 e. The van der Waals surface area contributed by atoms with Crippen molar-refractivity contribution in [3.63, 3.8) is 0 Å². The highest BCUT2D eigenvalue weighted by molar-refractivity contribution is 5.24. The van der Waals surface area contributed by atoms with Gasteiger partial charge < -0.3 is 0 Å². The minimum absolute atomic E-state index is 0.143. The van der Waals surface area contributed by atoms with E-state index >= 15 is 0 Å². The van der Waals surface area contributed by atoms with Gasteiger partial charge in [0.05, 0.1) is 0 Å². The number of hydrazine groups is 3. The van der Waals surface area contributed by atoms with Crippen molar-refractivity contribution in [3.05, 3.63) is 35.4 Å². The summed E-state index contributed by atoms with van der Waals surface area (Å²) < 4.78 is 0. The first-order valence-electron chi connectivity index (χ1n) is 3.94. The molecule has 0 amide bonds. The van der Waals surface area contributed by atoms with Gasteiger partial charge in [-0.1, -0.05) is 29.8 Å². The van der Waals surface area contributed by atoms with Crippen molar-refractivity contribution in [1.82, 2.24) is 21.9 Å². The Hall–Kier alpha value is -0.940. The van der Waals surface area contributed by atoms with Gasteiger partial charge in [0.15, 0.2) is 0 Å². The number of nitrogens with one attached hydrogen (secondary N) is 4. The molecule has 1 heterocycles. The summed E-state index contributed by atoms with van der Waals surface area (Å²) in [5, 5.41) is 0. The molecule has 0 spiro atoms. The van der Waals surface area contributed by atoms with E-state index in [0.717, 1.165) is 0 Å². The topological polar surface area (TPSA) is 48.1 Å². The van der Waals surface area contributed by atoms with Crippen LogP contribution in [0.25, 0.3) is 0 Å². The summed E-state index contributed by atoms with van der Waals surface area (Å²) in [7, 11) is 0. The molecule has 4 heteroatoms. The van der Waals surface area contributed by atoms with Crippen LogP contribution in [0.5, 0.6) is 0 Å². The highest BCUT2D eigenvalue weighted by atomic mass is 15.8. The zero-order chi connectivity index (χ0) is 8.39. The predicted octanol–water partition coefficient (Wildman–Crippen LogP) is 0.111. The van der Waals surface area contributed by atoms with Crippen LogP contribution in [-0.4, -0.2) is 0 Å². The maximum Gasteiger partial charge on any atom is 0.111 e. The van der Waals surface area contributed by atoms with Crippen LogP contribution in [0.1, 0.15) is 17.3 Å². The molecular formula is C8H12N4. The summed E-state index contributed by atoms with van der Waals surface area (Å²) in [6, 6.07) is 8.34. The van der Waals surface area contributed by atoms with Crippen LogP contribution >= 0.6 is 0 Å².